The summed E-state index contributed by atoms with van der Waals surface area (Å²) in [6.07, 6.45) is 1.24. The molecule has 1 heterocycles. The molecule has 0 saturated carbocycles. The number of anilines is 1. The van der Waals surface area contributed by atoms with Gasteiger partial charge in [0.25, 0.3) is 0 Å². The Hall–Kier alpha value is -0.940. The Balaban J connectivity index is 2.56. The Kier molecular flexibility index (Phi) is 5.08. The van der Waals surface area contributed by atoms with E-state index in [9.17, 15) is 4.79 Å². The Morgan fingerprint density at radius 3 is 2.65 bits per heavy atom. The Morgan fingerprint density at radius 2 is 2.18 bits per heavy atom. The molecule has 0 saturated heterocycles. The SMILES string of the molecule is CCc1nc(NC(=O)CC(N)C(C)C)sc1C. The number of carbonyl (C=O) groups excluding carboxylic acids is 1. The predicted molar refractivity (Wildman–Crippen MR) is 72.3 cm³/mol. The maximum atomic E-state index is 11.7. The van der Waals surface area contributed by atoms with E-state index in [1.165, 1.54) is 11.3 Å². The van der Waals surface area contributed by atoms with Crippen molar-refractivity contribution in [3.05, 3.63) is 10.6 Å². The molecule has 0 fully saturated rings. The summed E-state index contributed by atoms with van der Waals surface area (Å²) in [6.45, 7) is 8.11. The lowest BCUT2D eigenvalue weighted by atomic mass is 10.0. The van der Waals surface area contributed by atoms with E-state index >= 15 is 0 Å². The summed E-state index contributed by atoms with van der Waals surface area (Å²) in [5.74, 6) is 0.257. The van der Waals surface area contributed by atoms with Crippen molar-refractivity contribution in [1.29, 1.82) is 0 Å². The molecule has 0 aliphatic rings. The second kappa shape index (κ2) is 6.12. The van der Waals surface area contributed by atoms with E-state index in [1.807, 2.05) is 20.8 Å². The van der Waals surface area contributed by atoms with Crippen LogP contribution in [0, 0.1) is 12.8 Å². The van der Waals surface area contributed by atoms with Crippen molar-refractivity contribution in [3.8, 4) is 0 Å². The first-order chi connectivity index (χ1) is 7.93. The highest BCUT2D eigenvalue weighted by Gasteiger charge is 2.14. The largest absolute Gasteiger partial charge is 0.327 e. The second-order valence-electron chi connectivity index (χ2n) is 4.54. The van der Waals surface area contributed by atoms with Crippen LogP contribution >= 0.6 is 11.3 Å². The third-order valence-electron chi connectivity index (χ3n) is 2.75. The average Bonchev–Trinajstić information content (AvgIpc) is 2.58. The highest BCUT2D eigenvalue weighted by atomic mass is 32.1. The van der Waals surface area contributed by atoms with Gasteiger partial charge in [0.1, 0.15) is 0 Å². The molecule has 1 rings (SSSR count). The van der Waals surface area contributed by atoms with Crippen LogP contribution in [0.25, 0.3) is 0 Å². The molecular weight excluding hydrogens is 234 g/mol. The van der Waals surface area contributed by atoms with Crippen molar-refractivity contribution in [2.45, 2.75) is 46.6 Å². The Bertz CT molecular complexity index is 387. The molecule has 1 amide bonds. The quantitative estimate of drug-likeness (QED) is 0.848. The zero-order valence-corrected chi connectivity index (χ0v) is 11.7. The van der Waals surface area contributed by atoms with Crippen LogP contribution in [-0.4, -0.2) is 16.9 Å². The van der Waals surface area contributed by atoms with Crippen LogP contribution in [-0.2, 0) is 11.2 Å². The topological polar surface area (TPSA) is 68.0 Å². The lowest BCUT2D eigenvalue weighted by Gasteiger charge is -2.14. The van der Waals surface area contributed by atoms with E-state index in [4.69, 9.17) is 5.73 Å². The van der Waals surface area contributed by atoms with E-state index < -0.39 is 0 Å². The van der Waals surface area contributed by atoms with E-state index in [1.54, 1.807) is 0 Å². The third-order valence-corrected chi connectivity index (χ3v) is 3.68. The lowest BCUT2D eigenvalue weighted by Crippen LogP contribution is -2.31. The number of hydrogen-bond donors (Lipinski definition) is 2. The minimum absolute atomic E-state index is 0.0531. The summed E-state index contributed by atoms with van der Waals surface area (Å²) in [4.78, 5) is 17.2. The van der Waals surface area contributed by atoms with Crippen molar-refractivity contribution in [1.82, 2.24) is 4.98 Å². The first kappa shape index (κ1) is 14.1. The molecule has 1 aromatic rings. The number of aromatic nitrogens is 1. The van der Waals surface area contributed by atoms with Gasteiger partial charge in [-0.15, -0.1) is 11.3 Å². The molecule has 1 atom stereocenters. The van der Waals surface area contributed by atoms with E-state index in [0.717, 1.165) is 17.0 Å². The number of rotatable bonds is 5. The Morgan fingerprint density at radius 1 is 1.53 bits per heavy atom. The number of amides is 1. The standard InChI is InChI=1S/C12H21N3OS/c1-5-10-8(4)17-12(14-10)15-11(16)6-9(13)7(2)3/h7,9H,5-6,13H2,1-4H3,(H,14,15,16). The third kappa shape index (κ3) is 4.09. The normalized spacial score (nSPS) is 12.8. The van der Waals surface area contributed by atoms with Crippen LogP contribution in [0.2, 0.25) is 0 Å². The van der Waals surface area contributed by atoms with Crippen LogP contribution < -0.4 is 11.1 Å². The second-order valence-corrected chi connectivity index (χ2v) is 5.74. The van der Waals surface area contributed by atoms with Gasteiger partial charge < -0.3 is 11.1 Å². The number of hydrogen-bond acceptors (Lipinski definition) is 4. The predicted octanol–water partition coefficient (Wildman–Crippen LogP) is 2.33. The summed E-state index contributed by atoms with van der Waals surface area (Å²) in [5, 5.41) is 3.49. The van der Waals surface area contributed by atoms with Crippen molar-refractivity contribution in [3.63, 3.8) is 0 Å². The van der Waals surface area contributed by atoms with Crippen molar-refractivity contribution in [2.75, 3.05) is 5.32 Å². The van der Waals surface area contributed by atoms with Gasteiger partial charge in [0.15, 0.2) is 5.13 Å². The van der Waals surface area contributed by atoms with Gasteiger partial charge >= 0.3 is 0 Å². The molecule has 1 aromatic heterocycles. The van der Waals surface area contributed by atoms with Crippen LogP contribution in [0.5, 0.6) is 0 Å². The molecule has 4 nitrogen and oxygen atoms in total. The first-order valence-corrected chi connectivity index (χ1v) is 6.77. The summed E-state index contributed by atoms with van der Waals surface area (Å²) < 4.78 is 0. The summed E-state index contributed by atoms with van der Waals surface area (Å²) in [7, 11) is 0. The molecule has 5 heteroatoms. The Labute approximate surface area is 107 Å². The van der Waals surface area contributed by atoms with Gasteiger partial charge in [-0.1, -0.05) is 20.8 Å². The smallest absolute Gasteiger partial charge is 0.227 e. The number of nitrogens with one attached hydrogen (secondary N) is 1. The first-order valence-electron chi connectivity index (χ1n) is 5.95. The molecule has 0 aliphatic heterocycles. The molecule has 0 radical (unpaired) electrons. The van der Waals surface area contributed by atoms with Crippen LogP contribution in [0.15, 0.2) is 0 Å². The molecular formula is C12H21N3OS. The van der Waals surface area contributed by atoms with E-state index in [0.29, 0.717) is 17.5 Å². The number of thiazole rings is 1. The van der Waals surface area contributed by atoms with Crippen LogP contribution in [0.4, 0.5) is 5.13 Å². The molecule has 17 heavy (non-hydrogen) atoms. The van der Waals surface area contributed by atoms with Crippen molar-refractivity contribution < 1.29 is 4.79 Å². The molecule has 96 valence electrons. The zero-order chi connectivity index (χ0) is 13.0. The highest BCUT2D eigenvalue weighted by Crippen LogP contribution is 2.22. The van der Waals surface area contributed by atoms with E-state index in [-0.39, 0.29) is 11.9 Å². The van der Waals surface area contributed by atoms with Gasteiger partial charge in [-0.25, -0.2) is 4.98 Å². The van der Waals surface area contributed by atoms with E-state index in [2.05, 4.69) is 17.2 Å². The number of nitrogens with zero attached hydrogens (tertiary/aromatic N) is 1. The zero-order valence-electron chi connectivity index (χ0n) is 10.9. The van der Waals surface area contributed by atoms with Gasteiger partial charge in [-0.05, 0) is 19.3 Å². The maximum absolute atomic E-state index is 11.7. The van der Waals surface area contributed by atoms with Gasteiger partial charge in [0.05, 0.1) is 5.69 Å². The highest BCUT2D eigenvalue weighted by molar-refractivity contribution is 7.15. The van der Waals surface area contributed by atoms with Crippen molar-refractivity contribution in [2.24, 2.45) is 11.7 Å². The average molecular weight is 255 g/mol. The van der Waals surface area contributed by atoms with Crippen LogP contribution in [0.3, 0.4) is 0 Å². The van der Waals surface area contributed by atoms with Gasteiger partial charge in [-0.3, -0.25) is 4.79 Å². The van der Waals surface area contributed by atoms with Gasteiger partial charge in [0.2, 0.25) is 5.91 Å². The number of nitrogens with two attached hydrogens (primary N) is 1. The number of aryl methyl sites for hydroxylation is 2. The fourth-order valence-corrected chi connectivity index (χ4v) is 2.35. The molecule has 0 aliphatic carbocycles. The minimum atomic E-state index is -0.0956. The molecule has 1 unspecified atom stereocenters. The number of carbonyl (C=O) groups is 1. The van der Waals surface area contributed by atoms with Crippen LogP contribution in [0.1, 0.15) is 37.8 Å². The summed E-state index contributed by atoms with van der Waals surface area (Å²) >= 11 is 1.52. The fraction of sp³-hybridized carbons (Fsp3) is 0.667. The minimum Gasteiger partial charge on any atom is -0.327 e. The van der Waals surface area contributed by atoms with Crippen molar-refractivity contribution >= 4 is 22.4 Å². The summed E-state index contributed by atoms with van der Waals surface area (Å²) in [5.41, 5.74) is 6.91. The summed E-state index contributed by atoms with van der Waals surface area (Å²) in [6, 6.07) is -0.0956. The van der Waals surface area contributed by atoms with Gasteiger partial charge in [0, 0.05) is 17.3 Å². The molecule has 0 aromatic carbocycles. The fourth-order valence-electron chi connectivity index (χ4n) is 1.43. The monoisotopic (exact) mass is 255 g/mol. The lowest BCUT2D eigenvalue weighted by molar-refractivity contribution is -0.116. The van der Waals surface area contributed by atoms with Gasteiger partial charge in [-0.2, -0.15) is 0 Å². The molecule has 0 spiro atoms. The molecule has 0 bridgehead atoms. The maximum Gasteiger partial charge on any atom is 0.227 e. The molecule has 3 N–H and O–H groups in total.